The number of carboxylic acids is 1. The maximum absolute atomic E-state index is 14.2. The molecule has 0 radical (unpaired) electrons. The minimum Gasteiger partial charge on any atom is -0.481 e. The van der Waals surface area contributed by atoms with Crippen LogP contribution in [0.1, 0.15) is 35.2 Å². The minimum atomic E-state index is -4.81. The van der Waals surface area contributed by atoms with Gasteiger partial charge in [0.05, 0.1) is 11.4 Å². The summed E-state index contributed by atoms with van der Waals surface area (Å²) in [5.41, 5.74) is 2.53. The fraction of sp³-hybridized carbons (Fsp3) is 0.286. The van der Waals surface area contributed by atoms with Crippen molar-refractivity contribution in [1.29, 1.82) is 0 Å². The number of aryl methyl sites for hydroxylation is 1. The molecule has 1 aromatic heterocycles. The quantitative estimate of drug-likeness (QED) is 0.564. The van der Waals surface area contributed by atoms with E-state index >= 15 is 0 Å². The van der Waals surface area contributed by atoms with Gasteiger partial charge in [0.2, 0.25) is 0 Å². The molecule has 1 atom stereocenters. The molecule has 0 aliphatic rings. The van der Waals surface area contributed by atoms with Gasteiger partial charge in [-0.15, -0.1) is 13.2 Å². The van der Waals surface area contributed by atoms with Crippen LogP contribution in [-0.4, -0.2) is 22.0 Å². The van der Waals surface area contributed by atoms with Crippen molar-refractivity contribution in [2.24, 2.45) is 0 Å². The van der Waals surface area contributed by atoms with E-state index in [1.54, 1.807) is 37.5 Å². The zero-order chi connectivity index (χ0) is 21.5. The molecule has 29 heavy (non-hydrogen) atoms. The molecule has 8 heteroatoms. The van der Waals surface area contributed by atoms with Crippen LogP contribution in [0.15, 0.2) is 36.4 Å². The third kappa shape index (κ3) is 4.21. The molecule has 3 rings (SSSR count). The Morgan fingerprint density at radius 3 is 2.52 bits per heavy atom. The molecule has 3 aromatic rings. The second kappa shape index (κ2) is 7.42. The van der Waals surface area contributed by atoms with Crippen LogP contribution < -0.4 is 4.74 Å². The second-order valence-electron chi connectivity index (χ2n) is 6.96. The Morgan fingerprint density at radius 1 is 1.21 bits per heavy atom. The number of hydrogen-bond donors (Lipinski definition) is 1. The first-order valence-corrected chi connectivity index (χ1v) is 8.84. The highest BCUT2D eigenvalue weighted by Gasteiger charge is 2.31. The molecule has 0 amide bonds. The fourth-order valence-electron chi connectivity index (χ4n) is 3.53. The first-order chi connectivity index (χ1) is 13.5. The second-order valence-corrected chi connectivity index (χ2v) is 6.96. The van der Waals surface area contributed by atoms with E-state index in [1.807, 2.05) is 0 Å². The van der Waals surface area contributed by atoms with Gasteiger partial charge in [-0.1, -0.05) is 12.1 Å². The number of benzene rings is 2. The standard InChI is InChI=1S/C21H19F4NO3/c1-11-7-16-18(9-17(11)22)26(13(3)19(16)12(2)20(27)28)10-14-5-4-6-15(8-14)29-21(23,24)25/h4-9,12H,10H2,1-3H3,(H,27,28). The van der Waals surface area contributed by atoms with Crippen molar-refractivity contribution in [2.45, 2.75) is 39.6 Å². The Labute approximate surface area is 164 Å². The van der Waals surface area contributed by atoms with Crippen molar-refractivity contribution in [1.82, 2.24) is 4.57 Å². The lowest BCUT2D eigenvalue weighted by atomic mass is 9.97. The summed E-state index contributed by atoms with van der Waals surface area (Å²) in [6.07, 6.45) is -4.81. The third-order valence-electron chi connectivity index (χ3n) is 4.93. The summed E-state index contributed by atoms with van der Waals surface area (Å²) in [5, 5.41) is 10.1. The maximum atomic E-state index is 14.2. The number of carbonyl (C=O) groups is 1. The topological polar surface area (TPSA) is 51.5 Å². The third-order valence-corrected chi connectivity index (χ3v) is 4.93. The van der Waals surface area contributed by atoms with Gasteiger partial charge in [0.1, 0.15) is 11.6 Å². The van der Waals surface area contributed by atoms with Crippen LogP contribution in [0.25, 0.3) is 10.9 Å². The van der Waals surface area contributed by atoms with Crippen LogP contribution in [0.2, 0.25) is 0 Å². The van der Waals surface area contributed by atoms with Crippen LogP contribution in [0.4, 0.5) is 17.6 Å². The number of hydrogen-bond acceptors (Lipinski definition) is 2. The number of aliphatic carboxylic acids is 1. The molecule has 2 aromatic carbocycles. The Morgan fingerprint density at radius 2 is 1.90 bits per heavy atom. The van der Waals surface area contributed by atoms with E-state index in [-0.39, 0.29) is 12.3 Å². The summed E-state index contributed by atoms with van der Waals surface area (Å²) in [7, 11) is 0. The van der Waals surface area contributed by atoms with Gasteiger partial charge >= 0.3 is 12.3 Å². The Bertz CT molecular complexity index is 1090. The van der Waals surface area contributed by atoms with Crippen molar-refractivity contribution in [3.8, 4) is 5.75 Å². The molecular formula is C21H19F4NO3. The average Bonchev–Trinajstić information content (AvgIpc) is 2.85. The molecule has 0 bridgehead atoms. The Balaban J connectivity index is 2.13. The predicted octanol–water partition coefficient (Wildman–Crippen LogP) is 5.53. The SMILES string of the molecule is Cc1cc2c(C(C)C(=O)O)c(C)n(Cc3cccc(OC(F)(F)F)c3)c2cc1F. The number of aromatic nitrogens is 1. The van der Waals surface area contributed by atoms with Gasteiger partial charge in [0.15, 0.2) is 0 Å². The lowest BCUT2D eigenvalue weighted by molar-refractivity contribution is -0.274. The highest BCUT2D eigenvalue weighted by atomic mass is 19.4. The van der Waals surface area contributed by atoms with Crippen LogP contribution in [0.5, 0.6) is 5.75 Å². The van der Waals surface area contributed by atoms with Gasteiger partial charge in [0.25, 0.3) is 0 Å². The summed E-state index contributed by atoms with van der Waals surface area (Å²) in [5.74, 6) is -2.65. The van der Waals surface area contributed by atoms with E-state index in [1.165, 1.54) is 24.3 Å². The van der Waals surface area contributed by atoms with Gasteiger partial charge in [-0.25, -0.2) is 4.39 Å². The molecule has 0 spiro atoms. The lowest BCUT2D eigenvalue weighted by Crippen LogP contribution is -2.17. The van der Waals surface area contributed by atoms with E-state index in [9.17, 15) is 27.5 Å². The molecule has 1 N–H and O–H groups in total. The van der Waals surface area contributed by atoms with E-state index in [0.717, 1.165) is 0 Å². The van der Waals surface area contributed by atoms with Gasteiger partial charge in [-0.3, -0.25) is 4.79 Å². The highest BCUT2D eigenvalue weighted by molar-refractivity contribution is 5.91. The van der Waals surface area contributed by atoms with E-state index in [0.29, 0.717) is 33.3 Å². The van der Waals surface area contributed by atoms with Gasteiger partial charge in [-0.2, -0.15) is 0 Å². The zero-order valence-corrected chi connectivity index (χ0v) is 16.0. The maximum Gasteiger partial charge on any atom is 0.573 e. The van der Waals surface area contributed by atoms with Crippen molar-refractivity contribution in [3.05, 3.63) is 64.6 Å². The average molecular weight is 409 g/mol. The normalized spacial score (nSPS) is 12.9. The van der Waals surface area contributed by atoms with E-state index < -0.39 is 24.1 Å². The first-order valence-electron chi connectivity index (χ1n) is 8.84. The summed E-state index contributed by atoms with van der Waals surface area (Å²) in [6, 6.07) is 8.43. The summed E-state index contributed by atoms with van der Waals surface area (Å²) in [4.78, 5) is 11.6. The largest absolute Gasteiger partial charge is 0.573 e. The number of rotatable bonds is 5. The summed E-state index contributed by atoms with van der Waals surface area (Å²) in [6.45, 7) is 4.99. The molecule has 1 heterocycles. The number of halogens is 4. The molecule has 4 nitrogen and oxygen atoms in total. The molecule has 0 fully saturated rings. The van der Waals surface area contributed by atoms with Crippen LogP contribution in [0, 0.1) is 19.7 Å². The van der Waals surface area contributed by atoms with Crippen molar-refractivity contribution >= 4 is 16.9 Å². The van der Waals surface area contributed by atoms with Crippen molar-refractivity contribution in [3.63, 3.8) is 0 Å². The van der Waals surface area contributed by atoms with Crippen LogP contribution in [0.3, 0.4) is 0 Å². The Kier molecular flexibility index (Phi) is 5.30. The minimum absolute atomic E-state index is 0.131. The predicted molar refractivity (Wildman–Crippen MR) is 99.6 cm³/mol. The first kappa shape index (κ1) is 20.7. The molecule has 0 aliphatic heterocycles. The van der Waals surface area contributed by atoms with E-state index in [4.69, 9.17) is 0 Å². The molecule has 154 valence electrons. The number of fused-ring (bicyclic) bond motifs is 1. The molecule has 0 saturated heterocycles. The van der Waals surface area contributed by atoms with Gasteiger partial charge < -0.3 is 14.4 Å². The van der Waals surface area contributed by atoms with Gasteiger partial charge in [-0.05, 0) is 61.7 Å². The molecule has 0 saturated carbocycles. The highest BCUT2D eigenvalue weighted by Crippen LogP contribution is 2.34. The smallest absolute Gasteiger partial charge is 0.481 e. The Hall–Kier alpha value is -3.03. The number of alkyl halides is 3. The molecular weight excluding hydrogens is 390 g/mol. The lowest BCUT2D eigenvalue weighted by Gasteiger charge is -2.13. The van der Waals surface area contributed by atoms with Crippen LogP contribution in [-0.2, 0) is 11.3 Å². The van der Waals surface area contributed by atoms with Crippen molar-refractivity contribution < 1.29 is 32.2 Å². The van der Waals surface area contributed by atoms with Crippen LogP contribution >= 0.6 is 0 Å². The number of ether oxygens (including phenoxy) is 1. The summed E-state index contributed by atoms with van der Waals surface area (Å²) >= 11 is 0. The number of carboxylic acid groups (broad SMARTS) is 1. The summed E-state index contributed by atoms with van der Waals surface area (Å²) < 4.78 is 57.4. The monoisotopic (exact) mass is 409 g/mol. The van der Waals surface area contributed by atoms with E-state index in [2.05, 4.69) is 4.74 Å². The molecule has 1 unspecified atom stereocenters. The zero-order valence-electron chi connectivity index (χ0n) is 16.0. The van der Waals surface area contributed by atoms with Crippen molar-refractivity contribution in [2.75, 3.05) is 0 Å². The number of nitrogens with zero attached hydrogens (tertiary/aromatic N) is 1. The fourth-order valence-corrected chi connectivity index (χ4v) is 3.53. The van der Waals surface area contributed by atoms with Gasteiger partial charge in [0, 0.05) is 17.6 Å². The molecule has 0 aliphatic carbocycles.